The minimum Gasteiger partial charge on any atom is -0.478 e. The van der Waals surface area contributed by atoms with Gasteiger partial charge in [-0.25, -0.2) is 9.78 Å². The van der Waals surface area contributed by atoms with Gasteiger partial charge in [-0.15, -0.1) is 0 Å². The molecule has 0 aliphatic carbocycles. The molecule has 110 valence electrons. The second kappa shape index (κ2) is 13.5. The Morgan fingerprint density at radius 2 is 1.95 bits per heavy atom. The third kappa shape index (κ3) is 10.0. The van der Waals surface area contributed by atoms with Gasteiger partial charge in [0.2, 0.25) is 0 Å². The van der Waals surface area contributed by atoms with Crippen LogP contribution < -0.4 is 0 Å². The van der Waals surface area contributed by atoms with E-state index < -0.39 is 5.97 Å². The van der Waals surface area contributed by atoms with Crippen molar-refractivity contribution in [2.24, 2.45) is 0 Å². The number of aromatic nitrogens is 1. The van der Waals surface area contributed by atoms with Gasteiger partial charge in [-0.3, -0.25) is 4.79 Å². The Labute approximate surface area is 123 Å². The Bertz CT molecular complexity index is 419. The Hall–Kier alpha value is -1.95. The van der Waals surface area contributed by atoms with Gasteiger partial charge in [0.25, 0.3) is 0 Å². The number of allylic oxidation sites excluding steroid dienone is 1. The molecule has 0 saturated heterocycles. The molecule has 0 amide bonds. The van der Waals surface area contributed by atoms with Crippen molar-refractivity contribution in [1.29, 1.82) is 5.41 Å². The van der Waals surface area contributed by atoms with E-state index in [-0.39, 0.29) is 17.1 Å². The summed E-state index contributed by atoms with van der Waals surface area (Å²) in [6, 6.07) is 3.03. The van der Waals surface area contributed by atoms with Gasteiger partial charge in [0.05, 0.1) is 16.3 Å². The lowest BCUT2D eigenvalue weighted by Gasteiger charge is -1.98. The van der Waals surface area contributed by atoms with Crippen molar-refractivity contribution in [3.05, 3.63) is 36.5 Å². The molecule has 0 fully saturated rings. The molecule has 0 unspecified atom stereocenters. The zero-order chi connectivity index (χ0) is 16.0. The molecule has 1 aromatic heterocycles. The summed E-state index contributed by atoms with van der Waals surface area (Å²) < 4.78 is 0. The summed E-state index contributed by atoms with van der Waals surface area (Å²) in [4.78, 5) is 25.3. The van der Waals surface area contributed by atoms with Crippen molar-refractivity contribution in [2.45, 2.75) is 25.3 Å². The number of rotatable bonds is 5. The number of pyridine rings is 1. The van der Waals surface area contributed by atoms with Crippen LogP contribution in [0.4, 0.5) is 0 Å². The largest absolute Gasteiger partial charge is 0.478 e. The maximum absolute atomic E-state index is 10.9. The predicted molar refractivity (Wildman–Crippen MR) is 82.9 cm³/mol. The minimum absolute atomic E-state index is 0.0795. The van der Waals surface area contributed by atoms with Crippen LogP contribution in [-0.4, -0.2) is 34.3 Å². The summed E-state index contributed by atoms with van der Waals surface area (Å²) in [7, 11) is 0. The number of ketones is 1. The predicted octanol–water partition coefficient (Wildman–Crippen LogP) is 3.31. The number of hydrogen-bond donors (Lipinski definition) is 2. The molecule has 1 heterocycles. The van der Waals surface area contributed by atoms with Crippen LogP contribution in [0.2, 0.25) is 0 Å². The van der Waals surface area contributed by atoms with Gasteiger partial charge >= 0.3 is 5.97 Å². The number of thioether (sulfide) groups is 1. The number of carbonyl (C=O) groups is 2. The van der Waals surface area contributed by atoms with Gasteiger partial charge in [-0.2, -0.15) is 0 Å². The van der Waals surface area contributed by atoms with Gasteiger partial charge in [0, 0.05) is 6.20 Å². The maximum atomic E-state index is 10.9. The average molecular weight is 296 g/mol. The molecular weight excluding hydrogens is 276 g/mol. The summed E-state index contributed by atoms with van der Waals surface area (Å²) in [6.45, 7) is 10.1. The molecule has 2 N–H and O–H groups in total. The Kier molecular flexibility index (Phi) is 13.7. The van der Waals surface area contributed by atoms with E-state index in [1.165, 1.54) is 36.5 Å². The van der Waals surface area contributed by atoms with Crippen molar-refractivity contribution >= 4 is 30.2 Å². The van der Waals surface area contributed by atoms with Gasteiger partial charge in [0.15, 0.2) is 5.78 Å². The molecule has 6 heteroatoms. The summed E-state index contributed by atoms with van der Waals surface area (Å²) in [5.41, 5.74) is 0.134. The van der Waals surface area contributed by atoms with Crippen molar-refractivity contribution in [2.75, 3.05) is 5.75 Å². The van der Waals surface area contributed by atoms with Crippen LogP contribution in [0.5, 0.6) is 0 Å². The molecule has 1 rings (SSSR count). The van der Waals surface area contributed by atoms with E-state index in [1.54, 1.807) is 6.07 Å². The van der Waals surface area contributed by atoms with E-state index in [0.29, 0.717) is 5.03 Å². The fourth-order valence-electron chi connectivity index (χ4n) is 0.796. The quantitative estimate of drug-likeness (QED) is 0.494. The lowest BCUT2D eigenvalue weighted by molar-refractivity contribution is -0.112. The number of hydrogen-bond acceptors (Lipinski definition) is 5. The lowest BCUT2D eigenvalue weighted by Crippen LogP contribution is -1.98. The van der Waals surface area contributed by atoms with E-state index in [4.69, 9.17) is 10.5 Å². The molecule has 0 aliphatic heterocycles. The van der Waals surface area contributed by atoms with Crippen LogP contribution in [-0.2, 0) is 4.79 Å². The number of nitrogens with zero attached hydrogens (tertiary/aromatic N) is 1. The topological polar surface area (TPSA) is 91.1 Å². The molecule has 0 radical (unpaired) electrons. The normalized spacial score (nSPS) is 8.30. The molecule has 0 atom stereocenters. The summed E-state index contributed by atoms with van der Waals surface area (Å²) in [6.07, 6.45) is 3.77. The molecule has 1 aromatic rings. The number of aromatic carboxylic acids is 1. The SMILES string of the molecule is C=CC(=O)CSc1ccc(C(=O)O)cn1.C=N.CCC. The highest BCUT2D eigenvalue weighted by molar-refractivity contribution is 7.99. The summed E-state index contributed by atoms with van der Waals surface area (Å²) >= 11 is 1.25. The summed E-state index contributed by atoms with van der Waals surface area (Å²) in [5, 5.41) is 14.7. The molecular formula is C14H20N2O3S. The molecule has 0 saturated carbocycles. The van der Waals surface area contributed by atoms with Crippen molar-refractivity contribution in [1.82, 2.24) is 4.98 Å². The van der Waals surface area contributed by atoms with Crippen LogP contribution in [0.25, 0.3) is 0 Å². The van der Waals surface area contributed by atoms with Crippen molar-refractivity contribution in [3.8, 4) is 0 Å². The highest BCUT2D eigenvalue weighted by Crippen LogP contribution is 2.15. The second-order valence-electron chi connectivity index (χ2n) is 3.36. The van der Waals surface area contributed by atoms with Crippen LogP contribution in [0.1, 0.15) is 30.6 Å². The van der Waals surface area contributed by atoms with Crippen LogP contribution >= 0.6 is 11.8 Å². The zero-order valence-electron chi connectivity index (χ0n) is 11.8. The van der Waals surface area contributed by atoms with Crippen LogP contribution in [0, 0.1) is 5.41 Å². The zero-order valence-corrected chi connectivity index (χ0v) is 12.6. The van der Waals surface area contributed by atoms with E-state index in [1.807, 2.05) is 0 Å². The third-order valence-corrected chi connectivity index (χ3v) is 2.54. The highest BCUT2D eigenvalue weighted by atomic mass is 32.2. The van der Waals surface area contributed by atoms with E-state index >= 15 is 0 Å². The number of carboxylic acid groups (broad SMARTS) is 1. The first kappa shape index (κ1) is 20.4. The highest BCUT2D eigenvalue weighted by Gasteiger charge is 2.04. The Morgan fingerprint density at radius 3 is 2.30 bits per heavy atom. The van der Waals surface area contributed by atoms with Crippen molar-refractivity contribution < 1.29 is 14.7 Å². The second-order valence-corrected chi connectivity index (χ2v) is 4.35. The fraction of sp³-hybridized carbons (Fsp3) is 0.286. The third-order valence-electron chi connectivity index (χ3n) is 1.57. The van der Waals surface area contributed by atoms with Crippen LogP contribution in [0.3, 0.4) is 0 Å². The van der Waals surface area contributed by atoms with Gasteiger partial charge < -0.3 is 10.5 Å². The van der Waals surface area contributed by atoms with Crippen molar-refractivity contribution in [3.63, 3.8) is 0 Å². The Morgan fingerprint density at radius 1 is 1.40 bits per heavy atom. The number of carboxylic acids is 1. The minimum atomic E-state index is -1.01. The van der Waals surface area contributed by atoms with Gasteiger partial charge in [0.1, 0.15) is 0 Å². The monoisotopic (exact) mass is 296 g/mol. The molecule has 5 nitrogen and oxygen atoms in total. The fourth-order valence-corrected chi connectivity index (χ4v) is 1.50. The standard InChI is InChI=1S/C10H9NO3S.C3H8.CH3N/c1-2-8(12)6-15-9-4-3-7(5-11-9)10(13)14;1-3-2;1-2/h2-5H,1,6H2,(H,13,14);3H2,1-2H3;2H,1H2. The maximum Gasteiger partial charge on any atom is 0.337 e. The van der Waals surface area contributed by atoms with Crippen LogP contribution in [0.15, 0.2) is 36.0 Å². The molecule has 0 aliphatic rings. The van der Waals surface area contributed by atoms with E-state index in [2.05, 4.69) is 32.1 Å². The first-order chi connectivity index (χ1) is 9.54. The van der Waals surface area contributed by atoms with Gasteiger partial charge in [-0.1, -0.05) is 38.6 Å². The number of nitrogens with one attached hydrogen (secondary N) is 1. The smallest absolute Gasteiger partial charge is 0.337 e. The lowest BCUT2D eigenvalue weighted by atomic mass is 10.3. The molecule has 20 heavy (non-hydrogen) atoms. The first-order valence-corrected chi connectivity index (χ1v) is 6.86. The molecule has 0 aromatic carbocycles. The van der Waals surface area contributed by atoms with Gasteiger partial charge in [-0.05, 0) is 24.9 Å². The van der Waals surface area contributed by atoms with E-state index in [0.717, 1.165) is 0 Å². The average Bonchev–Trinajstić information content (AvgIpc) is 2.48. The molecule has 0 bridgehead atoms. The number of carbonyl (C=O) groups excluding carboxylic acids is 1. The summed E-state index contributed by atoms with van der Waals surface area (Å²) in [5.74, 6) is -0.826. The first-order valence-electron chi connectivity index (χ1n) is 5.87. The molecule has 0 spiro atoms. The Balaban J connectivity index is 0. The van der Waals surface area contributed by atoms with E-state index in [9.17, 15) is 9.59 Å².